The smallest absolute Gasteiger partial charge is 0.245 e. The van der Waals surface area contributed by atoms with Crippen LogP contribution >= 0.6 is 12.4 Å². The molecule has 2 heterocycles. The van der Waals surface area contributed by atoms with Crippen molar-refractivity contribution in [3.05, 3.63) is 71.4 Å². The van der Waals surface area contributed by atoms with Crippen molar-refractivity contribution in [1.82, 2.24) is 15.2 Å². The average molecular weight is 511 g/mol. The minimum Gasteiger partial charge on any atom is -0.392 e. The maximum absolute atomic E-state index is 13.8. The third-order valence-corrected chi connectivity index (χ3v) is 7.86. The zero-order valence-corrected chi connectivity index (χ0v) is 21.6. The van der Waals surface area contributed by atoms with E-state index in [0.717, 1.165) is 16.5 Å². The van der Waals surface area contributed by atoms with Crippen LogP contribution in [-0.2, 0) is 27.8 Å². The molecule has 5 N–H and O–H groups in total. The molecule has 192 valence electrons. The van der Waals surface area contributed by atoms with Crippen LogP contribution in [0, 0.1) is 0 Å². The maximum Gasteiger partial charge on any atom is 0.245 e. The predicted molar refractivity (Wildman–Crippen MR) is 143 cm³/mol. The van der Waals surface area contributed by atoms with Crippen LogP contribution in [-0.4, -0.2) is 57.6 Å². The molecule has 2 aliphatic rings. The molecule has 1 aliphatic carbocycles. The number of fused-ring (bicyclic) bond motifs is 3. The topological polar surface area (TPSA) is 111 Å². The summed E-state index contributed by atoms with van der Waals surface area (Å²) in [6.07, 6.45) is 3.91. The number of aliphatic hydroxyl groups excluding tert-OH is 1. The first-order chi connectivity index (χ1) is 16.7. The van der Waals surface area contributed by atoms with Crippen LogP contribution in [0.25, 0.3) is 10.9 Å². The van der Waals surface area contributed by atoms with E-state index in [1.54, 1.807) is 13.8 Å². The first-order valence-corrected chi connectivity index (χ1v) is 12.4. The van der Waals surface area contributed by atoms with Crippen LogP contribution in [0.5, 0.6) is 0 Å². The SMILES string of the molecule is CC(C)(N)C(=O)N[C@H](Cc1c[nH]c2ccccc12)C(=O)N1CCC2(CC1)c1ccccc1CC2O.Cl. The lowest BCUT2D eigenvalue weighted by molar-refractivity contribution is -0.139. The van der Waals surface area contributed by atoms with E-state index in [2.05, 4.69) is 22.4 Å². The van der Waals surface area contributed by atoms with Gasteiger partial charge in [0.1, 0.15) is 6.04 Å². The lowest BCUT2D eigenvalue weighted by atomic mass is 9.72. The zero-order valence-electron chi connectivity index (χ0n) is 20.8. The van der Waals surface area contributed by atoms with Crippen molar-refractivity contribution in [3.8, 4) is 0 Å². The number of benzene rings is 2. The van der Waals surface area contributed by atoms with Gasteiger partial charge in [-0.3, -0.25) is 9.59 Å². The molecule has 1 fully saturated rings. The number of nitrogens with one attached hydrogen (secondary N) is 2. The molecule has 1 spiro atoms. The van der Waals surface area contributed by atoms with Gasteiger partial charge in [0.2, 0.25) is 11.8 Å². The van der Waals surface area contributed by atoms with Crippen molar-refractivity contribution in [2.24, 2.45) is 5.73 Å². The highest BCUT2D eigenvalue weighted by atomic mass is 35.5. The number of nitrogens with zero attached hydrogens (tertiary/aromatic N) is 1. The maximum atomic E-state index is 13.8. The van der Waals surface area contributed by atoms with E-state index in [-0.39, 0.29) is 29.6 Å². The third kappa shape index (κ3) is 4.63. The fourth-order valence-electron chi connectivity index (χ4n) is 5.78. The molecule has 1 aromatic heterocycles. The summed E-state index contributed by atoms with van der Waals surface area (Å²) >= 11 is 0. The molecule has 36 heavy (non-hydrogen) atoms. The molecular weight excluding hydrogens is 476 g/mol. The number of H-pyrrole nitrogens is 1. The number of para-hydroxylation sites is 1. The summed E-state index contributed by atoms with van der Waals surface area (Å²) in [5.74, 6) is -0.465. The Morgan fingerprint density at radius 3 is 2.56 bits per heavy atom. The van der Waals surface area contributed by atoms with Crippen LogP contribution in [0.3, 0.4) is 0 Å². The molecule has 5 rings (SSSR count). The Hall–Kier alpha value is -2.87. The number of halogens is 1. The molecule has 1 saturated heterocycles. The quantitative estimate of drug-likeness (QED) is 0.423. The number of likely N-dealkylation sites (tertiary alicyclic amines) is 1. The van der Waals surface area contributed by atoms with E-state index >= 15 is 0 Å². The summed E-state index contributed by atoms with van der Waals surface area (Å²) in [6, 6.07) is 15.5. The molecule has 0 radical (unpaired) electrons. The number of piperidine rings is 1. The zero-order chi connectivity index (χ0) is 24.8. The van der Waals surface area contributed by atoms with Gasteiger partial charge in [-0.25, -0.2) is 0 Å². The fraction of sp³-hybridized carbons (Fsp3) is 0.429. The van der Waals surface area contributed by atoms with Crippen molar-refractivity contribution in [2.45, 2.75) is 62.6 Å². The molecule has 0 saturated carbocycles. The number of nitrogens with two attached hydrogens (primary N) is 1. The lowest BCUT2D eigenvalue weighted by Gasteiger charge is -2.43. The lowest BCUT2D eigenvalue weighted by Crippen LogP contribution is -2.58. The van der Waals surface area contributed by atoms with E-state index in [9.17, 15) is 14.7 Å². The summed E-state index contributed by atoms with van der Waals surface area (Å²) in [5, 5.41) is 14.9. The molecule has 2 atom stereocenters. The standard InChI is InChI=1S/C28H34N4O3.ClH/c1-27(2,29)26(35)31-23(15-19-17-30-22-10-6-4-8-20(19)22)25(34)32-13-11-28(12-14-32)21-9-5-3-7-18(21)16-24(28)33;/h3-10,17,23-24,30,33H,11-16,29H2,1-2H3,(H,31,35);1H/t23-,24?;/m1./s1. The van der Waals surface area contributed by atoms with Crippen LogP contribution in [0.2, 0.25) is 0 Å². The largest absolute Gasteiger partial charge is 0.392 e. The van der Waals surface area contributed by atoms with Crippen LogP contribution in [0.4, 0.5) is 0 Å². The minimum atomic E-state index is -1.09. The minimum absolute atomic E-state index is 0. The Labute approximate surface area is 217 Å². The highest BCUT2D eigenvalue weighted by molar-refractivity contribution is 5.92. The Morgan fingerprint density at radius 1 is 1.17 bits per heavy atom. The first kappa shape index (κ1) is 26.2. The van der Waals surface area contributed by atoms with Crippen LogP contribution in [0.1, 0.15) is 43.4 Å². The Balaban J connectivity index is 0.00000304. The molecule has 0 bridgehead atoms. The molecule has 2 amide bonds. The highest BCUT2D eigenvalue weighted by Crippen LogP contribution is 2.46. The highest BCUT2D eigenvalue weighted by Gasteiger charge is 2.48. The number of carbonyl (C=O) groups is 2. The van der Waals surface area contributed by atoms with Gasteiger partial charge in [0.15, 0.2) is 0 Å². The van der Waals surface area contributed by atoms with Crippen molar-refractivity contribution in [3.63, 3.8) is 0 Å². The molecule has 1 aliphatic heterocycles. The Bertz CT molecular complexity index is 1260. The van der Waals surface area contributed by atoms with Gasteiger partial charge >= 0.3 is 0 Å². The molecule has 2 aromatic carbocycles. The summed E-state index contributed by atoms with van der Waals surface area (Å²) in [7, 11) is 0. The van der Waals surface area contributed by atoms with E-state index in [1.807, 2.05) is 47.5 Å². The van der Waals surface area contributed by atoms with Gasteiger partial charge in [-0.05, 0) is 55.9 Å². The van der Waals surface area contributed by atoms with E-state index in [1.165, 1.54) is 11.1 Å². The molecule has 7 nitrogen and oxygen atoms in total. The second kappa shape index (κ2) is 9.88. The number of aliphatic hydroxyl groups is 1. The van der Waals surface area contributed by atoms with E-state index in [4.69, 9.17) is 5.73 Å². The van der Waals surface area contributed by atoms with Crippen molar-refractivity contribution in [1.29, 1.82) is 0 Å². The number of hydrogen-bond donors (Lipinski definition) is 4. The van der Waals surface area contributed by atoms with Crippen molar-refractivity contribution in [2.75, 3.05) is 13.1 Å². The molecule has 8 heteroatoms. The second-order valence-corrected chi connectivity index (χ2v) is 10.7. The second-order valence-electron chi connectivity index (χ2n) is 10.7. The van der Waals surface area contributed by atoms with E-state index < -0.39 is 17.7 Å². The Kier molecular flexibility index (Phi) is 7.19. The Morgan fingerprint density at radius 2 is 1.83 bits per heavy atom. The van der Waals surface area contributed by atoms with Crippen molar-refractivity contribution >= 4 is 35.1 Å². The number of aromatic nitrogens is 1. The molecule has 3 aromatic rings. The number of aromatic amines is 1. The average Bonchev–Trinajstić information content (AvgIpc) is 3.37. The van der Waals surface area contributed by atoms with Gasteiger partial charge in [0.25, 0.3) is 0 Å². The van der Waals surface area contributed by atoms with Crippen LogP contribution in [0.15, 0.2) is 54.7 Å². The summed E-state index contributed by atoms with van der Waals surface area (Å²) in [6.45, 7) is 4.35. The van der Waals surface area contributed by atoms with Gasteiger partial charge in [0, 0.05) is 42.0 Å². The van der Waals surface area contributed by atoms with Crippen molar-refractivity contribution < 1.29 is 14.7 Å². The fourth-order valence-corrected chi connectivity index (χ4v) is 5.78. The van der Waals surface area contributed by atoms with Crippen LogP contribution < -0.4 is 11.1 Å². The number of carbonyl (C=O) groups excluding carboxylic acids is 2. The molecule has 1 unspecified atom stereocenters. The number of amides is 2. The summed E-state index contributed by atoms with van der Waals surface area (Å²) in [4.78, 5) is 31.6. The predicted octanol–water partition coefficient (Wildman–Crippen LogP) is 2.83. The van der Waals surface area contributed by atoms with Gasteiger partial charge in [-0.2, -0.15) is 0 Å². The first-order valence-electron chi connectivity index (χ1n) is 12.4. The van der Waals surface area contributed by atoms with E-state index in [0.29, 0.717) is 38.8 Å². The third-order valence-electron chi connectivity index (χ3n) is 7.86. The van der Waals surface area contributed by atoms with Gasteiger partial charge in [-0.15, -0.1) is 12.4 Å². The normalized spacial score (nSPS) is 19.6. The number of rotatable bonds is 5. The summed E-state index contributed by atoms with van der Waals surface area (Å²) in [5.41, 5.74) is 9.03. The van der Waals surface area contributed by atoms with Gasteiger partial charge < -0.3 is 26.0 Å². The molecular formula is C28H35ClN4O3. The number of hydrogen-bond acceptors (Lipinski definition) is 4. The monoisotopic (exact) mass is 510 g/mol. The van der Waals surface area contributed by atoms with Gasteiger partial charge in [0.05, 0.1) is 11.6 Å². The van der Waals surface area contributed by atoms with Gasteiger partial charge in [-0.1, -0.05) is 42.5 Å². The summed E-state index contributed by atoms with van der Waals surface area (Å²) < 4.78 is 0.